The summed E-state index contributed by atoms with van der Waals surface area (Å²) in [5, 5.41) is 9.53. The third kappa shape index (κ3) is 3.91. The summed E-state index contributed by atoms with van der Waals surface area (Å²) in [5.74, 6) is 0.0141. The number of hydrogen-bond acceptors (Lipinski definition) is 4. The molecular formula is C24H27N3O2. The predicted octanol–water partition coefficient (Wildman–Crippen LogP) is 4.26. The first-order chi connectivity index (χ1) is 13.8. The van der Waals surface area contributed by atoms with Gasteiger partial charge in [0.25, 0.3) is 5.91 Å². The van der Waals surface area contributed by atoms with Gasteiger partial charge in [0, 0.05) is 18.8 Å². The number of carbonyl (C=O) groups excluding carboxylic acids is 1. The molecule has 1 heterocycles. The van der Waals surface area contributed by atoms with Gasteiger partial charge in [-0.15, -0.1) is 0 Å². The molecule has 0 aliphatic heterocycles. The Bertz CT molecular complexity index is 1030. The molecule has 0 atom stereocenters. The molecule has 0 saturated carbocycles. The van der Waals surface area contributed by atoms with Gasteiger partial charge in [-0.25, -0.2) is 9.97 Å². The van der Waals surface area contributed by atoms with E-state index in [-0.39, 0.29) is 18.3 Å². The number of aliphatic hydroxyl groups is 1. The minimum atomic E-state index is -0.540. The second kappa shape index (κ2) is 8.13. The highest BCUT2D eigenvalue weighted by molar-refractivity contribution is 5.99. The third-order valence-corrected chi connectivity index (χ3v) is 5.70. The fraction of sp³-hybridized carbons (Fsp3) is 0.292. The summed E-state index contributed by atoms with van der Waals surface area (Å²) in [5.41, 5.74) is 4.58. The van der Waals surface area contributed by atoms with Crippen molar-refractivity contribution in [2.24, 2.45) is 0 Å². The highest BCUT2D eigenvalue weighted by atomic mass is 16.3. The Kier molecular flexibility index (Phi) is 5.80. The van der Waals surface area contributed by atoms with Crippen molar-refractivity contribution in [2.75, 3.05) is 7.05 Å². The van der Waals surface area contributed by atoms with E-state index in [1.54, 1.807) is 18.1 Å². The quantitative estimate of drug-likeness (QED) is 0.708. The summed E-state index contributed by atoms with van der Waals surface area (Å²) in [4.78, 5) is 23.9. The number of amides is 1. The maximum Gasteiger partial charge on any atom is 0.273 e. The zero-order chi connectivity index (χ0) is 21.2. The number of benzene rings is 2. The van der Waals surface area contributed by atoms with Crippen LogP contribution in [0.4, 0.5) is 0 Å². The van der Waals surface area contributed by atoms with Gasteiger partial charge in [-0.1, -0.05) is 48.5 Å². The predicted molar refractivity (Wildman–Crippen MR) is 114 cm³/mol. The Morgan fingerprint density at radius 3 is 2.38 bits per heavy atom. The second-order valence-corrected chi connectivity index (χ2v) is 7.74. The van der Waals surface area contributed by atoms with Crippen LogP contribution in [-0.2, 0) is 12.1 Å². The Balaban J connectivity index is 2.11. The lowest BCUT2D eigenvalue weighted by Crippen LogP contribution is -2.43. The largest absolute Gasteiger partial charge is 0.388 e. The number of aromatic nitrogens is 2. The topological polar surface area (TPSA) is 66.3 Å². The van der Waals surface area contributed by atoms with Gasteiger partial charge in [-0.3, -0.25) is 4.79 Å². The van der Waals surface area contributed by atoms with Crippen LogP contribution in [0.5, 0.6) is 0 Å². The normalized spacial score (nSPS) is 11.4. The van der Waals surface area contributed by atoms with E-state index in [1.165, 1.54) is 0 Å². The number of nitrogens with zero attached hydrogens (tertiary/aromatic N) is 3. The second-order valence-electron chi connectivity index (χ2n) is 7.74. The van der Waals surface area contributed by atoms with Crippen LogP contribution in [0, 0.1) is 13.8 Å². The summed E-state index contributed by atoms with van der Waals surface area (Å²) in [6.07, 6.45) is 1.64. The molecule has 1 N–H and O–H groups in total. The molecule has 0 fully saturated rings. The molecule has 0 aliphatic rings. The lowest BCUT2D eigenvalue weighted by atomic mass is 9.91. The van der Waals surface area contributed by atoms with Crippen LogP contribution >= 0.6 is 0 Å². The fourth-order valence-corrected chi connectivity index (χ4v) is 3.35. The Labute approximate surface area is 172 Å². The molecule has 2 aromatic carbocycles. The number of aryl methyl sites for hydroxylation is 1. The van der Waals surface area contributed by atoms with Crippen molar-refractivity contribution in [1.82, 2.24) is 14.9 Å². The molecule has 0 radical (unpaired) electrons. The lowest BCUT2D eigenvalue weighted by molar-refractivity contribution is 0.0616. The Hall–Kier alpha value is -3.05. The number of carbonyl (C=O) groups is 1. The molecule has 0 saturated heterocycles. The van der Waals surface area contributed by atoms with Crippen molar-refractivity contribution in [3.8, 4) is 11.1 Å². The third-order valence-electron chi connectivity index (χ3n) is 5.70. The van der Waals surface area contributed by atoms with Crippen LogP contribution in [0.3, 0.4) is 0 Å². The molecular weight excluding hydrogens is 362 g/mol. The Morgan fingerprint density at radius 2 is 1.72 bits per heavy atom. The van der Waals surface area contributed by atoms with Gasteiger partial charge in [0.2, 0.25) is 0 Å². The van der Waals surface area contributed by atoms with Crippen LogP contribution < -0.4 is 0 Å². The monoisotopic (exact) mass is 389 g/mol. The Morgan fingerprint density at radius 1 is 1.03 bits per heavy atom. The van der Waals surface area contributed by atoms with Crippen molar-refractivity contribution in [1.29, 1.82) is 0 Å². The SMILES string of the molecule is Cc1cccc(-c2cnc(CO)nc2C(=O)N(C)C(C)(C)c2ccccc2)c1C. The summed E-state index contributed by atoms with van der Waals surface area (Å²) in [7, 11) is 1.78. The molecule has 3 aromatic rings. The van der Waals surface area contributed by atoms with Gasteiger partial charge in [-0.05, 0) is 49.9 Å². The first-order valence-corrected chi connectivity index (χ1v) is 9.64. The molecule has 1 aromatic heterocycles. The van der Waals surface area contributed by atoms with Crippen molar-refractivity contribution in [3.63, 3.8) is 0 Å². The zero-order valence-electron chi connectivity index (χ0n) is 17.6. The minimum absolute atomic E-state index is 0.216. The van der Waals surface area contributed by atoms with Crippen LogP contribution in [0.1, 0.15) is 46.9 Å². The molecule has 150 valence electrons. The van der Waals surface area contributed by atoms with E-state index in [0.29, 0.717) is 11.3 Å². The van der Waals surface area contributed by atoms with Crippen molar-refractivity contribution in [3.05, 3.63) is 82.9 Å². The summed E-state index contributed by atoms with van der Waals surface area (Å²) < 4.78 is 0. The lowest BCUT2D eigenvalue weighted by Gasteiger charge is -2.36. The van der Waals surface area contributed by atoms with Crippen LogP contribution in [0.2, 0.25) is 0 Å². The number of aliphatic hydroxyl groups excluding tert-OH is 1. The molecule has 0 unspecified atom stereocenters. The molecule has 1 amide bonds. The molecule has 0 aliphatic carbocycles. The van der Waals surface area contributed by atoms with Gasteiger partial charge in [0.15, 0.2) is 5.82 Å². The number of hydrogen-bond donors (Lipinski definition) is 1. The van der Waals surface area contributed by atoms with Gasteiger partial charge in [0.05, 0.1) is 5.54 Å². The summed E-state index contributed by atoms with van der Waals surface area (Å²) >= 11 is 0. The van der Waals surface area contributed by atoms with Crippen molar-refractivity contribution >= 4 is 5.91 Å². The molecule has 5 heteroatoms. The smallest absolute Gasteiger partial charge is 0.273 e. The van der Waals surface area contributed by atoms with E-state index in [2.05, 4.69) is 9.97 Å². The maximum atomic E-state index is 13.6. The minimum Gasteiger partial charge on any atom is -0.388 e. The van der Waals surface area contributed by atoms with Crippen LogP contribution in [0.15, 0.2) is 54.7 Å². The fourth-order valence-electron chi connectivity index (χ4n) is 3.35. The van der Waals surface area contributed by atoms with E-state index in [9.17, 15) is 9.90 Å². The first kappa shape index (κ1) is 20.7. The van der Waals surface area contributed by atoms with E-state index in [1.807, 2.05) is 76.2 Å². The standard InChI is InChI=1S/C24H27N3O2/c1-16-10-9-13-19(17(16)2)20-14-25-21(15-28)26-22(20)23(29)27(5)24(3,4)18-11-7-6-8-12-18/h6-14,28H,15H2,1-5H3. The van der Waals surface area contributed by atoms with Crippen molar-refractivity contribution < 1.29 is 9.90 Å². The molecule has 3 rings (SSSR count). The highest BCUT2D eigenvalue weighted by Crippen LogP contribution is 2.32. The summed E-state index contributed by atoms with van der Waals surface area (Å²) in [6, 6.07) is 15.9. The van der Waals surface area contributed by atoms with Gasteiger partial charge >= 0.3 is 0 Å². The molecule has 5 nitrogen and oxygen atoms in total. The zero-order valence-corrected chi connectivity index (χ0v) is 17.6. The average Bonchev–Trinajstić information content (AvgIpc) is 2.75. The van der Waals surface area contributed by atoms with E-state index < -0.39 is 5.54 Å². The van der Waals surface area contributed by atoms with Crippen LogP contribution in [-0.4, -0.2) is 32.9 Å². The summed E-state index contributed by atoms with van der Waals surface area (Å²) in [6.45, 7) is 7.75. The van der Waals surface area contributed by atoms with E-state index in [4.69, 9.17) is 0 Å². The van der Waals surface area contributed by atoms with E-state index >= 15 is 0 Å². The highest BCUT2D eigenvalue weighted by Gasteiger charge is 2.32. The van der Waals surface area contributed by atoms with E-state index in [0.717, 1.165) is 22.3 Å². The van der Waals surface area contributed by atoms with Crippen LogP contribution in [0.25, 0.3) is 11.1 Å². The van der Waals surface area contributed by atoms with Crippen molar-refractivity contribution in [2.45, 2.75) is 39.8 Å². The first-order valence-electron chi connectivity index (χ1n) is 9.64. The van der Waals surface area contributed by atoms with Gasteiger partial charge < -0.3 is 10.0 Å². The van der Waals surface area contributed by atoms with Gasteiger partial charge in [0.1, 0.15) is 12.3 Å². The number of rotatable bonds is 5. The average molecular weight is 389 g/mol. The molecule has 29 heavy (non-hydrogen) atoms. The van der Waals surface area contributed by atoms with Gasteiger partial charge in [-0.2, -0.15) is 0 Å². The molecule has 0 bridgehead atoms. The maximum absolute atomic E-state index is 13.6. The molecule has 0 spiro atoms.